The summed E-state index contributed by atoms with van der Waals surface area (Å²) in [5, 5.41) is 14.7. The number of unbranched alkanes of at least 4 members (excludes halogenated alkanes) is 2. The summed E-state index contributed by atoms with van der Waals surface area (Å²) in [5.74, 6) is 1.27. The second-order valence-electron chi connectivity index (χ2n) is 7.28. The van der Waals surface area contributed by atoms with Crippen molar-refractivity contribution in [3.8, 4) is 10.7 Å². The number of nitrogens with zero attached hydrogens (tertiary/aromatic N) is 3. The summed E-state index contributed by atoms with van der Waals surface area (Å²) in [6, 6.07) is 4.29. The molecule has 0 radical (unpaired) electrons. The number of hydrogen-bond acceptors (Lipinski definition) is 6. The van der Waals surface area contributed by atoms with Crippen molar-refractivity contribution in [3.63, 3.8) is 0 Å². The Hall–Kier alpha value is -1.38. The van der Waals surface area contributed by atoms with Crippen LogP contribution in [0.25, 0.3) is 10.7 Å². The first-order valence-electron chi connectivity index (χ1n) is 10.2. The van der Waals surface area contributed by atoms with Crippen LogP contribution < -0.4 is 5.32 Å². The summed E-state index contributed by atoms with van der Waals surface area (Å²) in [5.41, 5.74) is 0. The Balaban J connectivity index is 1.60. The largest absolute Gasteiger partial charge is 0.376 e. The molecule has 0 bridgehead atoms. The molecule has 1 aliphatic rings. The van der Waals surface area contributed by atoms with Gasteiger partial charge >= 0.3 is 0 Å². The van der Waals surface area contributed by atoms with Gasteiger partial charge in [0.15, 0.2) is 11.0 Å². The van der Waals surface area contributed by atoms with Gasteiger partial charge in [0.1, 0.15) is 0 Å². The first-order valence-corrected chi connectivity index (χ1v) is 12.0. The van der Waals surface area contributed by atoms with Gasteiger partial charge in [0.25, 0.3) is 0 Å². The lowest BCUT2D eigenvalue weighted by Gasteiger charge is -2.15. The molecule has 3 rings (SSSR count). The molecule has 154 valence electrons. The summed E-state index contributed by atoms with van der Waals surface area (Å²) in [4.78, 5) is 13.4. The van der Waals surface area contributed by atoms with Crippen molar-refractivity contribution in [3.05, 3.63) is 17.5 Å². The molecule has 1 saturated heterocycles. The van der Waals surface area contributed by atoms with E-state index in [-0.39, 0.29) is 18.1 Å². The third kappa shape index (κ3) is 6.06. The smallest absolute Gasteiger partial charge is 0.230 e. The lowest BCUT2D eigenvalue weighted by molar-refractivity contribution is -0.119. The van der Waals surface area contributed by atoms with E-state index in [1.165, 1.54) is 24.6 Å². The van der Waals surface area contributed by atoms with Gasteiger partial charge in [0.05, 0.1) is 23.3 Å². The van der Waals surface area contributed by atoms with Crippen molar-refractivity contribution in [2.24, 2.45) is 0 Å². The standard InChI is InChI=1S/C20H30N4O2S2/c1-3-4-5-8-15(2)21-18(25)14-28-20-23-22-19(17-10-7-12-27-17)24(20)13-16-9-6-11-26-16/h7,10,12,15-16H,3-6,8-9,11,13-14H2,1-2H3,(H,21,25). The minimum atomic E-state index is 0.0540. The molecule has 2 atom stereocenters. The van der Waals surface area contributed by atoms with Gasteiger partial charge in [-0.15, -0.1) is 21.5 Å². The molecule has 2 unspecified atom stereocenters. The quantitative estimate of drug-likeness (QED) is 0.430. The number of rotatable bonds is 11. The Morgan fingerprint density at radius 3 is 3.07 bits per heavy atom. The molecule has 0 aliphatic carbocycles. The van der Waals surface area contributed by atoms with E-state index in [0.29, 0.717) is 5.75 Å². The summed E-state index contributed by atoms with van der Waals surface area (Å²) >= 11 is 3.10. The van der Waals surface area contributed by atoms with Gasteiger partial charge in [0.2, 0.25) is 5.91 Å². The highest BCUT2D eigenvalue weighted by molar-refractivity contribution is 7.99. The van der Waals surface area contributed by atoms with Crippen LogP contribution in [-0.2, 0) is 16.1 Å². The second-order valence-corrected chi connectivity index (χ2v) is 9.17. The summed E-state index contributed by atoms with van der Waals surface area (Å²) in [6.45, 7) is 5.82. The number of thiophene rings is 1. The monoisotopic (exact) mass is 422 g/mol. The van der Waals surface area contributed by atoms with Crippen LogP contribution in [0.1, 0.15) is 52.4 Å². The van der Waals surface area contributed by atoms with E-state index >= 15 is 0 Å². The van der Waals surface area contributed by atoms with Gasteiger partial charge in [0, 0.05) is 12.6 Å². The zero-order valence-electron chi connectivity index (χ0n) is 16.7. The predicted octanol–water partition coefficient (Wildman–Crippen LogP) is 4.36. The lowest BCUT2D eigenvalue weighted by atomic mass is 10.1. The van der Waals surface area contributed by atoms with Crippen molar-refractivity contribution >= 4 is 29.0 Å². The Bertz CT molecular complexity index is 727. The van der Waals surface area contributed by atoms with E-state index in [0.717, 1.165) is 54.7 Å². The van der Waals surface area contributed by atoms with Crippen molar-refractivity contribution in [2.45, 2.75) is 76.2 Å². The molecular weight excluding hydrogens is 392 g/mol. The van der Waals surface area contributed by atoms with Crippen LogP contribution in [0.15, 0.2) is 22.7 Å². The van der Waals surface area contributed by atoms with E-state index in [4.69, 9.17) is 4.74 Å². The molecule has 28 heavy (non-hydrogen) atoms. The maximum atomic E-state index is 12.3. The summed E-state index contributed by atoms with van der Waals surface area (Å²) in [6.07, 6.45) is 6.95. The number of ether oxygens (including phenoxy) is 1. The van der Waals surface area contributed by atoms with Gasteiger partial charge in [-0.25, -0.2) is 0 Å². The van der Waals surface area contributed by atoms with E-state index in [2.05, 4.69) is 40.0 Å². The highest BCUT2D eigenvalue weighted by Gasteiger charge is 2.22. The van der Waals surface area contributed by atoms with Crippen molar-refractivity contribution < 1.29 is 9.53 Å². The number of aromatic nitrogens is 3. The zero-order valence-corrected chi connectivity index (χ0v) is 18.4. The molecule has 0 saturated carbocycles. The number of amides is 1. The van der Waals surface area contributed by atoms with Gasteiger partial charge in [-0.05, 0) is 37.6 Å². The van der Waals surface area contributed by atoms with Crippen LogP contribution in [0.3, 0.4) is 0 Å². The average molecular weight is 423 g/mol. The Labute approximate surface area is 175 Å². The SMILES string of the molecule is CCCCCC(C)NC(=O)CSc1nnc(-c2cccs2)n1CC1CCCO1. The molecule has 1 N–H and O–H groups in total. The molecule has 0 aromatic carbocycles. The van der Waals surface area contributed by atoms with Gasteiger partial charge in [-0.2, -0.15) is 0 Å². The second kappa shape index (κ2) is 11.0. The molecule has 2 aromatic rings. The molecule has 3 heterocycles. The van der Waals surface area contributed by atoms with Crippen molar-refractivity contribution in [2.75, 3.05) is 12.4 Å². The Morgan fingerprint density at radius 1 is 1.46 bits per heavy atom. The van der Waals surface area contributed by atoms with Crippen LogP contribution >= 0.6 is 23.1 Å². The molecule has 6 nitrogen and oxygen atoms in total. The number of hydrogen-bond donors (Lipinski definition) is 1. The maximum absolute atomic E-state index is 12.3. The number of thioether (sulfide) groups is 1. The average Bonchev–Trinajstić information content (AvgIpc) is 3.43. The van der Waals surface area contributed by atoms with Gasteiger partial charge < -0.3 is 10.1 Å². The van der Waals surface area contributed by atoms with E-state index in [9.17, 15) is 4.79 Å². The number of carbonyl (C=O) groups is 1. The highest BCUT2D eigenvalue weighted by Crippen LogP contribution is 2.29. The molecule has 0 spiro atoms. The molecule has 2 aromatic heterocycles. The fourth-order valence-electron chi connectivity index (χ4n) is 3.36. The highest BCUT2D eigenvalue weighted by atomic mass is 32.2. The molecule has 1 aliphatic heterocycles. The van der Waals surface area contributed by atoms with Gasteiger partial charge in [-0.3, -0.25) is 9.36 Å². The number of nitrogens with one attached hydrogen (secondary N) is 1. The van der Waals surface area contributed by atoms with Crippen LogP contribution in [0.2, 0.25) is 0 Å². The molecular formula is C20H30N4O2S2. The first kappa shape index (κ1) is 21.3. The van der Waals surface area contributed by atoms with Crippen LogP contribution in [-0.4, -0.2) is 45.2 Å². The maximum Gasteiger partial charge on any atom is 0.230 e. The fraction of sp³-hybridized carbons (Fsp3) is 0.650. The number of carbonyl (C=O) groups excluding carboxylic acids is 1. The van der Waals surface area contributed by atoms with E-state index in [1.807, 2.05) is 11.4 Å². The molecule has 8 heteroatoms. The topological polar surface area (TPSA) is 69.0 Å². The fourth-order valence-corrected chi connectivity index (χ4v) is 4.84. The first-order chi connectivity index (χ1) is 13.7. The molecule has 1 fully saturated rings. The van der Waals surface area contributed by atoms with Crippen molar-refractivity contribution in [1.82, 2.24) is 20.1 Å². The predicted molar refractivity (Wildman–Crippen MR) is 115 cm³/mol. The molecule has 1 amide bonds. The van der Waals surface area contributed by atoms with Crippen LogP contribution in [0.4, 0.5) is 0 Å². The van der Waals surface area contributed by atoms with Crippen molar-refractivity contribution in [1.29, 1.82) is 0 Å². The minimum absolute atomic E-state index is 0.0540. The van der Waals surface area contributed by atoms with Gasteiger partial charge in [-0.1, -0.05) is 44.0 Å². The normalized spacial score (nSPS) is 17.7. The lowest BCUT2D eigenvalue weighted by Crippen LogP contribution is -2.33. The minimum Gasteiger partial charge on any atom is -0.376 e. The third-order valence-electron chi connectivity index (χ3n) is 4.85. The Kier molecular flexibility index (Phi) is 8.36. The van der Waals surface area contributed by atoms with E-state index < -0.39 is 0 Å². The van der Waals surface area contributed by atoms with E-state index in [1.54, 1.807) is 11.3 Å². The van der Waals surface area contributed by atoms with Crippen LogP contribution in [0, 0.1) is 0 Å². The summed E-state index contributed by atoms with van der Waals surface area (Å²) < 4.78 is 7.93. The summed E-state index contributed by atoms with van der Waals surface area (Å²) in [7, 11) is 0. The Morgan fingerprint density at radius 2 is 2.36 bits per heavy atom. The van der Waals surface area contributed by atoms with Crippen LogP contribution in [0.5, 0.6) is 0 Å². The third-order valence-corrected chi connectivity index (χ3v) is 6.68. The zero-order chi connectivity index (χ0) is 19.8.